The van der Waals surface area contributed by atoms with Gasteiger partial charge in [-0.15, -0.1) is 0 Å². The summed E-state index contributed by atoms with van der Waals surface area (Å²) in [6.45, 7) is 0.786. The molecule has 4 heteroatoms. The number of hydrogen-bond acceptors (Lipinski definition) is 2. The number of rotatable bonds is 4. The highest BCUT2D eigenvalue weighted by molar-refractivity contribution is 5.75. The third-order valence-corrected chi connectivity index (χ3v) is 5.43. The average Bonchev–Trinajstić information content (AvgIpc) is 3.36. The number of carbonyl (C=O) groups excluding carboxylic acids is 1. The molecule has 3 aliphatic carbocycles. The van der Waals surface area contributed by atoms with Crippen LogP contribution in [0.1, 0.15) is 42.9 Å². The summed E-state index contributed by atoms with van der Waals surface area (Å²) in [5.74, 6) is 0.843. The Bertz CT molecular complexity index is 564. The van der Waals surface area contributed by atoms with Crippen LogP contribution in [0.4, 0.5) is 4.79 Å². The minimum atomic E-state index is -0.522. The minimum Gasteiger partial charge on any atom is -0.390 e. The van der Waals surface area contributed by atoms with Gasteiger partial charge in [-0.25, -0.2) is 4.79 Å². The Morgan fingerprint density at radius 3 is 2.76 bits per heavy atom. The number of nitrogens with one attached hydrogen (secondary N) is 2. The second-order valence-electron chi connectivity index (χ2n) is 6.91. The number of aliphatic hydroxyl groups excluding tert-OH is 1. The van der Waals surface area contributed by atoms with E-state index in [-0.39, 0.29) is 12.1 Å². The van der Waals surface area contributed by atoms with E-state index >= 15 is 0 Å². The molecule has 0 heterocycles. The fourth-order valence-corrected chi connectivity index (χ4v) is 3.78. The smallest absolute Gasteiger partial charge is 0.315 e. The Labute approximate surface area is 124 Å². The first-order chi connectivity index (χ1) is 10.2. The Hall–Kier alpha value is -1.55. The Morgan fingerprint density at radius 2 is 2.05 bits per heavy atom. The largest absolute Gasteiger partial charge is 0.390 e. The first kappa shape index (κ1) is 13.1. The predicted molar refractivity (Wildman–Crippen MR) is 79.8 cm³/mol. The van der Waals surface area contributed by atoms with Crippen LogP contribution in [0.25, 0.3) is 0 Å². The Kier molecular flexibility index (Phi) is 2.96. The monoisotopic (exact) mass is 286 g/mol. The highest BCUT2D eigenvalue weighted by Crippen LogP contribution is 2.60. The molecule has 2 fully saturated rings. The number of benzene rings is 1. The molecule has 21 heavy (non-hydrogen) atoms. The number of urea groups is 1. The highest BCUT2D eigenvalue weighted by atomic mass is 16.3. The van der Waals surface area contributed by atoms with Crippen molar-refractivity contribution < 1.29 is 9.90 Å². The normalized spacial score (nSPS) is 28.8. The quantitative estimate of drug-likeness (QED) is 0.794. The lowest BCUT2D eigenvalue weighted by Crippen LogP contribution is -2.43. The molecule has 4 rings (SSSR count). The van der Waals surface area contributed by atoms with Crippen LogP contribution >= 0.6 is 0 Å². The molecule has 3 N–H and O–H groups in total. The van der Waals surface area contributed by atoms with Gasteiger partial charge in [0.15, 0.2) is 0 Å². The molecule has 4 nitrogen and oxygen atoms in total. The molecule has 2 saturated carbocycles. The lowest BCUT2D eigenvalue weighted by Gasteiger charge is -2.20. The van der Waals surface area contributed by atoms with Crippen molar-refractivity contribution >= 4 is 6.03 Å². The van der Waals surface area contributed by atoms with Crippen molar-refractivity contribution in [1.29, 1.82) is 0 Å². The fraction of sp³-hybridized carbons (Fsp3) is 0.588. The second-order valence-corrected chi connectivity index (χ2v) is 6.91. The van der Waals surface area contributed by atoms with Crippen LogP contribution in [0.3, 0.4) is 0 Å². The summed E-state index contributed by atoms with van der Waals surface area (Å²) in [6.07, 6.45) is 5.27. The molecule has 1 aromatic carbocycles. The van der Waals surface area contributed by atoms with Gasteiger partial charge >= 0.3 is 6.03 Å². The zero-order chi connectivity index (χ0) is 14.4. The summed E-state index contributed by atoms with van der Waals surface area (Å²) < 4.78 is 0. The molecule has 0 spiro atoms. The molecule has 0 aromatic heterocycles. The van der Waals surface area contributed by atoms with Gasteiger partial charge in [0.1, 0.15) is 0 Å². The Morgan fingerprint density at radius 1 is 1.29 bits per heavy atom. The van der Waals surface area contributed by atoms with E-state index in [1.54, 1.807) is 0 Å². The van der Waals surface area contributed by atoms with Gasteiger partial charge in [0.25, 0.3) is 0 Å². The molecular formula is C17H22N2O2. The zero-order valence-electron chi connectivity index (χ0n) is 12.1. The van der Waals surface area contributed by atoms with Crippen molar-refractivity contribution in [2.75, 3.05) is 6.54 Å². The molecule has 0 saturated heterocycles. The molecule has 0 unspecified atom stereocenters. The van der Waals surface area contributed by atoms with Crippen LogP contribution < -0.4 is 10.6 Å². The van der Waals surface area contributed by atoms with E-state index in [4.69, 9.17) is 0 Å². The first-order valence-corrected chi connectivity index (χ1v) is 7.98. The van der Waals surface area contributed by atoms with Crippen molar-refractivity contribution in [3.63, 3.8) is 0 Å². The predicted octanol–water partition coefficient (Wildman–Crippen LogP) is 2.13. The summed E-state index contributed by atoms with van der Waals surface area (Å²) in [5.41, 5.74) is 2.58. The standard InChI is InChI=1S/C17H22N2O2/c20-14-9-11-3-1-2-4-13(11)15(14)19-16(21)18-10-17(7-8-17)12-5-6-12/h1-4,12,14-15,20H,5-10H2,(H2,18,19,21)/t14-,15+/m1/s1. The van der Waals surface area contributed by atoms with Crippen molar-refractivity contribution in [2.24, 2.45) is 11.3 Å². The Balaban J connectivity index is 1.36. The van der Waals surface area contributed by atoms with E-state index < -0.39 is 6.10 Å². The number of aliphatic hydroxyl groups is 1. The van der Waals surface area contributed by atoms with E-state index in [1.165, 1.54) is 25.7 Å². The van der Waals surface area contributed by atoms with Crippen LogP contribution in [-0.4, -0.2) is 23.8 Å². The van der Waals surface area contributed by atoms with Gasteiger partial charge in [0.2, 0.25) is 0 Å². The third-order valence-electron chi connectivity index (χ3n) is 5.43. The SMILES string of the molecule is O=C(NCC1(C2CC2)CC1)N[C@H]1c2ccccc2C[C@H]1O. The van der Waals surface area contributed by atoms with Gasteiger partial charge in [-0.05, 0) is 48.1 Å². The van der Waals surface area contributed by atoms with E-state index in [9.17, 15) is 9.90 Å². The lowest BCUT2D eigenvalue weighted by molar-refractivity contribution is 0.142. The summed E-state index contributed by atoms with van der Waals surface area (Å²) in [5, 5.41) is 16.1. The molecular weight excluding hydrogens is 264 g/mol. The van der Waals surface area contributed by atoms with E-state index in [2.05, 4.69) is 10.6 Å². The number of carbonyl (C=O) groups is 1. The van der Waals surface area contributed by atoms with Gasteiger partial charge in [0.05, 0.1) is 12.1 Å². The van der Waals surface area contributed by atoms with Crippen molar-refractivity contribution in [3.8, 4) is 0 Å². The summed E-state index contributed by atoms with van der Waals surface area (Å²) >= 11 is 0. The number of fused-ring (bicyclic) bond motifs is 1. The summed E-state index contributed by atoms with van der Waals surface area (Å²) in [4.78, 5) is 12.1. The van der Waals surface area contributed by atoms with Crippen molar-refractivity contribution in [3.05, 3.63) is 35.4 Å². The first-order valence-electron chi connectivity index (χ1n) is 7.98. The van der Waals surface area contributed by atoms with E-state index in [0.717, 1.165) is 23.6 Å². The molecule has 3 aliphatic rings. The molecule has 0 radical (unpaired) electrons. The maximum absolute atomic E-state index is 12.1. The van der Waals surface area contributed by atoms with Gasteiger partial charge in [-0.2, -0.15) is 0 Å². The van der Waals surface area contributed by atoms with Crippen LogP contribution in [0.2, 0.25) is 0 Å². The maximum Gasteiger partial charge on any atom is 0.315 e. The van der Waals surface area contributed by atoms with Gasteiger partial charge in [-0.3, -0.25) is 0 Å². The molecule has 2 atom stereocenters. The number of hydrogen-bond donors (Lipinski definition) is 3. The summed E-state index contributed by atoms with van der Waals surface area (Å²) in [7, 11) is 0. The van der Waals surface area contributed by atoms with Crippen molar-refractivity contribution in [1.82, 2.24) is 10.6 Å². The fourth-order valence-electron chi connectivity index (χ4n) is 3.78. The molecule has 112 valence electrons. The third kappa shape index (κ3) is 2.42. The molecule has 1 aromatic rings. The maximum atomic E-state index is 12.1. The zero-order valence-corrected chi connectivity index (χ0v) is 12.1. The molecule has 0 bridgehead atoms. The second kappa shape index (κ2) is 4.73. The van der Waals surface area contributed by atoms with E-state index in [0.29, 0.717) is 11.8 Å². The van der Waals surface area contributed by atoms with E-state index in [1.807, 2.05) is 24.3 Å². The van der Waals surface area contributed by atoms with Gasteiger partial charge in [-0.1, -0.05) is 24.3 Å². The van der Waals surface area contributed by atoms with Crippen LogP contribution in [0, 0.1) is 11.3 Å². The molecule has 0 aliphatic heterocycles. The minimum absolute atomic E-state index is 0.150. The van der Waals surface area contributed by atoms with Gasteiger partial charge in [0, 0.05) is 13.0 Å². The molecule has 2 amide bonds. The van der Waals surface area contributed by atoms with Crippen LogP contribution in [-0.2, 0) is 6.42 Å². The highest BCUT2D eigenvalue weighted by Gasteiger charge is 2.53. The van der Waals surface area contributed by atoms with Crippen LogP contribution in [0.15, 0.2) is 24.3 Å². The van der Waals surface area contributed by atoms with Crippen molar-refractivity contribution in [2.45, 2.75) is 44.2 Å². The van der Waals surface area contributed by atoms with Gasteiger partial charge < -0.3 is 15.7 Å². The topological polar surface area (TPSA) is 61.4 Å². The average molecular weight is 286 g/mol. The number of amides is 2. The lowest BCUT2D eigenvalue weighted by atomic mass is 10.0. The summed E-state index contributed by atoms with van der Waals surface area (Å²) in [6, 6.07) is 7.50. The van der Waals surface area contributed by atoms with Crippen LogP contribution in [0.5, 0.6) is 0 Å².